The summed E-state index contributed by atoms with van der Waals surface area (Å²) >= 11 is 11.3. The standard InChI is InChI=1S/C13H12Cl2N2/c14-7-12(15)9-16-8-11-4-1-3-10-5-2-6-17-13(10)11/h1-7,16H,8-9H2/b12-7+. The maximum absolute atomic E-state index is 5.80. The van der Waals surface area contributed by atoms with Gasteiger partial charge in [-0.05, 0) is 11.6 Å². The lowest BCUT2D eigenvalue weighted by Gasteiger charge is -2.06. The van der Waals surface area contributed by atoms with Crippen molar-refractivity contribution in [1.29, 1.82) is 0 Å². The van der Waals surface area contributed by atoms with Crippen LogP contribution in [0.3, 0.4) is 0 Å². The van der Waals surface area contributed by atoms with Crippen LogP contribution in [0.25, 0.3) is 10.9 Å². The lowest BCUT2D eigenvalue weighted by molar-refractivity contribution is 0.757. The zero-order valence-corrected chi connectivity index (χ0v) is 10.7. The molecule has 1 aromatic carbocycles. The van der Waals surface area contributed by atoms with E-state index in [4.69, 9.17) is 23.2 Å². The van der Waals surface area contributed by atoms with E-state index in [1.807, 2.05) is 12.1 Å². The summed E-state index contributed by atoms with van der Waals surface area (Å²) in [6.07, 6.45) is 1.80. The van der Waals surface area contributed by atoms with Gasteiger partial charge in [-0.1, -0.05) is 47.5 Å². The van der Waals surface area contributed by atoms with Gasteiger partial charge in [-0.15, -0.1) is 0 Å². The third-order valence-electron chi connectivity index (χ3n) is 2.44. The highest BCUT2D eigenvalue weighted by Gasteiger charge is 2.01. The third-order valence-corrected chi connectivity index (χ3v) is 3.06. The van der Waals surface area contributed by atoms with Gasteiger partial charge < -0.3 is 5.32 Å². The quantitative estimate of drug-likeness (QED) is 0.914. The number of rotatable bonds is 4. The largest absolute Gasteiger partial charge is 0.308 e. The smallest absolute Gasteiger partial charge is 0.0746 e. The van der Waals surface area contributed by atoms with Gasteiger partial charge in [0.2, 0.25) is 0 Å². The highest BCUT2D eigenvalue weighted by molar-refractivity contribution is 6.36. The number of pyridine rings is 1. The first kappa shape index (κ1) is 12.4. The fourth-order valence-electron chi connectivity index (χ4n) is 1.67. The zero-order valence-electron chi connectivity index (χ0n) is 9.16. The van der Waals surface area contributed by atoms with E-state index in [-0.39, 0.29) is 0 Å². The number of benzene rings is 1. The molecule has 0 fully saturated rings. The molecule has 0 amide bonds. The summed E-state index contributed by atoms with van der Waals surface area (Å²) < 4.78 is 0. The Morgan fingerprint density at radius 1 is 1.29 bits per heavy atom. The van der Waals surface area contributed by atoms with Crippen LogP contribution >= 0.6 is 23.2 Å². The average Bonchev–Trinajstić information content (AvgIpc) is 2.39. The molecule has 2 rings (SSSR count). The summed E-state index contributed by atoms with van der Waals surface area (Å²) in [7, 11) is 0. The van der Waals surface area contributed by atoms with Crippen molar-refractivity contribution < 1.29 is 0 Å². The van der Waals surface area contributed by atoms with E-state index in [2.05, 4.69) is 28.5 Å². The van der Waals surface area contributed by atoms with E-state index in [9.17, 15) is 0 Å². The first-order chi connectivity index (χ1) is 8.31. The van der Waals surface area contributed by atoms with E-state index in [0.717, 1.165) is 23.0 Å². The SMILES string of the molecule is Cl/C=C(/Cl)CNCc1cccc2cccnc12. The lowest BCUT2D eigenvalue weighted by atomic mass is 10.1. The van der Waals surface area contributed by atoms with Crippen LogP contribution in [0.5, 0.6) is 0 Å². The van der Waals surface area contributed by atoms with Crippen molar-refractivity contribution >= 4 is 34.1 Å². The Hall–Kier alpha value is -1.09. The Bertz CT molecular complexity index is 532. The second-order valence-corrected chi connectivity index (χ2v) is 4.36. The van der Waals surface area contributed by atoms with E-state index < -0.39 is 0 Å². The zero-order chi connectivity index (χ0) is 12.1. The molecule has 0 bridgehead atoms. The maximum Gasteiger partial charge on any atom is 0.0746 e. The normalized spacial score (nSPS) is 12.0. The molecule has 1 aromatic heterocycles. The van der Waals surface area contributed by atoms with Gasteiger partial charge in [0.1, 0.15) is 0 Å². The molecule has 0 atom stereocenters. The van der Waals surface area contributed by atoms with Crippen LogP contribution in [0.4, 0.5) is 0 Å². The summed E-state index contributed by atoms with van der Waals surface area (Å²) in [6.45, 7) is 1.28. The third kappa shape index (κ3) is 3.19. The molecule has 0 aliphatic carbocycles. The summed E-state index contributed by atoms with van der Waals surface area (Å²) in [5.74, 6) is 0. The highest BCUT2D eigenvalue weighted by Crippen LogP contribution is 2.15. The van der Waals surface area contributed by atoms with Gasteiger partial charge in [0, 0.05) is 35.2 Å². The van der Waals surface area contributed by atoms with Crippen molar-refractivity contribution in [3.05, 3.63) is 52.7 Å². The summed E-state index contributed by atoms with van der Waals surface area (Å²) in [6, 6.07) is 10.1. The van der Waals surface area contributed by atoms with Gasteiger partial charge >= 0.3 is 0 Å². The predicted octanol–water partition coefficient (Wildman–Crippen LogP) is 3.64. The molecule has 88 valence electrons. The minimum Gasteiger partial charge on any atom is -0.308 e. The molecule has 0 aliphatic rings. The van der Waals surface area contributed by atoms with Gasteiger partial charge in [-0.25, -0.2) is 0 Å². The summed E-state index contributed by atoms with van der Waals surface area (Å²) in [5, 5.41) is 4.96. The van der Waals surface area contributed by atoms with Crippen molar-refractivity contribution in [2.45, 2.75) is 6.54 Å². The molecule has 2 nitrogen and oxygen atoms in total. The summed E-state index contributed by atoms with van der Waals surface area (Å²) in [5.41, 5.74) is 3.55. The molecule has 0 saturated heterocycles. The molecule has 1 N–H and O–H groups in total. The number of halogens is 2. The van der Waals surface area contributed by atoms with Crippen molar-refractivity contribution in [2.75, 3.05) is 6.54 Å². The first-order valence-corrected chi connectivity index (χ1v) is 6.11. The maximum atomic E-state index is 5.80. The topological polar surface area (TPSA) is 24.9 Å². The molecule has 17 heavy (non-hydrogen) atoms. The first-order valence-electron chi connectivity index (χ1n) is 5.29. The Balaban J connectivity index is 2.13. The van der Waals surface area contributed by atoms with Crippen LogP contribution in [0.15, 0.2) is 47.1 Å². The molecule has 1 heterocycles. The predicted molar refractivity (Wildman–Crippen MR) is 73.2 cm³/mol. The van der Waals surface area contributed by atoms with Gasteiger partial charge in [-0.2, -0.15) is 0 Å². The van der Waals surface area contributed by atoms with Crippen molar-refractivity contribution in [3.8, 4) is 0 Å². The molecular weight excluding hydrogens is 255 g/mol. The highest BCUT2D eigenvalue weighted by atomic mass is 35.5. The van der Waals surface area contributed by atoms with Crippen molar-refractivity contribution in [3.63, 3.8) is 0 Å². The number of nitrogens with one attached hydrogen (secondary N) is 1. The van der Waals surface area contributed by atoms with E-state index in [1.165, 1.54) is 5.54 Å². The van der Waals surface area contributed by atoms with Crippen LogP contribution in [0.2, 0.25) is 0 Å². The molecule has 4 heteroatoms. The Kier molecular flexibility index (Phi) is 4.37. The van der Waals surface area contributed by atoms with Crippen LogP contribution in [0, 0.1) is 0 Å². The Labute approximate surface area is 110 Å². The Morgan fingerprint density at radius 2 is 2.12 bits per heavy atom. The van der Waals surface area contributed by atoms with Gasteiger partial charge in [0.25, 0.3) is 0 Å². The van der Waals surface area contributed by atoms with Crippen LogP contribution < -0.4 is 5.32 Å². The van der Waals surface area contributed by atoms with Crippen LogP contribution in [0.1, 0.15) is 5.56 Å². The Morgan fingerprint density at radius 3 is 2.94 bits per heavy atom. The van der Waals surface area contributed by atoms with E-state index in [0.29, 0.717) is 11.6 Å². The fourth-order valence-corrected chi connectivity index (χ4v) is 1.84. The molecule has 0 saturated carbocycles. The van der Waals surface area contributed by atoms with Crippen molar-refractivity contribution in [2.24, 2.45) is 0 Å². The van der Waals surface area contributed by atoms with E-state index >= 15 is 0 Å². The lowest BCUT2D eigenvalue weighted by Crippen LogP contribution is -2.15. The molecule has 0 unspecified atom stereocenters. The molecule has 2 aromatic rings. The number of nitrogens with zero attached hydrogens (tertiary/aromatic N) is 1. The second kappa shape index (κ2) is 6.01. The molecular formula is C13H12Cl2N2. The van der Waals surface area contributed by atoms with Crippen molar-refractivity contribution in [1.82, 2.24) is 10.3 Å². The summed E-state index contributed by atoms with van der Waals surface area (Å²) in [4.78, 5) is 4.39. The molecule has 0 aliphatic heterocycles. The number of hydrogen-bond donors (Lipinski definition) is 1. The number of hydrogen-bond acceptors (Lipinski definition) is 2. The van der Waals surface area contributed by atoms with Crippen LogP contribution in [-0.2, 0) is 6.54 Å². The van der Waals surface area contributed by atoms with E-state index in [1.54, 1.807) is 6.20 Å². The molecule has 0 radical (unpaired) electrons. The van der Waals surface area contributed by atoms with Crippen LogP contribution in [-0.4, -0.2) is 11.5 Å². The van der Waals surface area contributed by atoms with Gasteiger partial charge in [-0.3, -0.25) is 4.98 Å². The fraction of sp³-hybridized carbons (Fsp3) is 0.154. The molecule has 0 spiro atoms. The number of aromatic nitrogens is 1. The van der Waals surface area contributed by atoms with Gasteiger partial charge in [0.15, 0.2) is 0 Å². The average molecular weight is 267 g/mol. The second-order valence-electron chi connectivity index (χ2n) is 3.65. The van der Waals surface area contributed by atoms with Gasteiger partial charge in [0.05, 0.1) is 5.52 Å². The minimum atomic E-state index is 0.564. The minimum absolute atomic E-state index is 0.564. The monoisotopic (exact) mass is 266 g/mol. The number of para-hydroxylation sites is 1. The number of fused-ring (bicyclic) bond motifs is 1.